The first-order chi connectivity index (χ1) is 5.52. The molecule has 74 valence electrons. The molecular formula is C8H19NO2S. The zero-order valence-corrected chi connectivity index (χ0v) is 8.95. The van der Waals surface area contributed by atoms with Crippen LogP contribution in [0.5, 0.6) is 0 Å². The highest BCUT2D eigenvalue weighted by molar-refractivity contribution is 7.91. The molecule has 1 N–H and O–H groups in total. The Morgan fingerprint density at radius 1 is 1.33 bits per heavy atom. The summed E-state index contributed by atoms with van der Waals surface area (Å²) in [4.78, 5) is 0. The van der Waals surface area contributed by atoms with Gasteiger partial charge in [-0.15, -0.1) is 0 Å². The molecule has 0 rings (SSSR count). The minimum Gasteiger partial charge on any atom is -0.314 e. The molecule has 0 aromatic rings. The lowest BCUT2D eigenvalue weighted by Crippen LogP contribution is -2.33. The van der Waals surface area contributed by atoms with E-state index in [0.29, 0.717) is 12.2 Å². The summed E-state index contributed by atoms with van der Waals surface area (Å²) in [6, 6.07) is 0.0755. The fourth-order valence-electron chi connectivity index (χ4n) is 1.18. The molecule has 1 unspecified atom stereocenters. The monoisotopic (exact) mass is 193 g/mol. The predicted molar refractivity (Wildman–Crippen MR) is 52.1 cm³/mol. The Balaban J connectivity index is 3.89. The first-order valence-electron chi connectivity index (χ1n) is 4.45. The van der Waals surface area contributed by atoms with Crippen LogP contribution in [0.25, 0.3) is 0 Å². The summed E-state index contributed by atoms with van der Waals surface area (Å²) in [7, 11) is -2.82. The van der Waals surface area contributed by atoms with Crippen molar-refractivity contribution in [3.05, 3.63) is 0 Å². The molecule has 0 saturated heterocycles. The zero-order valence-electron chi connectivity index (χ0n) is 8.13. The quantitative estimate of drug-likeness (QED) is 0.679. The number of nitrogens with one attached hydrogen (secondary N) is 1. The summed E-state index contributed by atoms with van der Waals surface area (Å²) in [5.74, 6) is 0.567. The summed E-state index contributed by atoms with van der Waals surface area (Å²) in [6.45, 7) is 6.58. The van der Waals surface area contributed by atoms with Gasteiger partial charge >= 0.3 is 0 Å². The smallest absolute Gasteiger partial charge is 0.151 e. The van der Waals surface area contributed by atoms with Crippen LogP contribution in [-0.4, -0.2) is 32.5 Å². The van der Waals surface area contributed by atoms with Crippen molar-refractivity contribution in [3.8, 4) is 0 Å². The molecule has 0 aliphatic heterocycles. The molecule has 0 amide bonds. The molecule has 0 aromatic heterocycles. The van der Waals surface area contributed by atoms with Crippen molar-refractivity contribution in [2.45, 2.75) is 33.2 Å². The second-order valence-corrected chi connectivity index (χ2v) is 5.30. The van der Waals surface area contributed by atoms with Crippen LogP contribution in [0.15, 0.2) is 0 Å². The van der Waals surface area contributed by atoms with Crippen LogP contribution < -0.4 is 5.32 Å². The molecule has 0 spiro atoms. The zero-order chi connectivity index (χ0) is 9.61. The van der Waals surface area contributed by atoms with E-state index in [1.807, 2.05) is 20.8 Å². The van der Waals surface area contributed by atoms with Crippen LogP contribution in [0.3, 0.4) is 0 Å². The van der Waals surface area contributed by atoms with Gasteiger partial charge in [-0.2, -0.15) is 0 Å². The van der Waals surface area contributed by atoms with E-state index in [2.05, 4.69) is 5.32 Å². The molecule has 0 aromatic carbocycles. The summed E-state index contributed by atoms with van der Waals surface area (Å²) in [5.41, 5.74) is 0. The molecule has 4 heteroatoms. The van der Waals surface area contributed by atoms with E-state index in [-0.39, 0.29) is 11.8 Å². The van der Waals surface area contributed by atoms with E-state index in [1.54, 1.807) is 0 Å². The average Bonchev–Trinajstić information content (AvgIpc) is 1.85. The topological polar surface area (TPSA) is 46.2 Å². The fourth-order valence-corrected chi connectivity index (χ4v) is 2.85. The van der Waals surface area contributed by atoms with Crippen LogP contribution in [0.1, 0.15) is 27.2 Å². The molecule has 0 fully saturated rings. The maximum absolute atomic E-state index is 11.3. The molecule has 0 aliphatic carbocycles. The highest BCUT2D eigenvalue weighted by Crippen LogP contribution is 1.96. The third-order valence-corrected chi connectivity index (χ3v) is 3.61. The van der Waals surface area contributed by atoms with Gasteiger partial charge in [0, 0.05) is 11.8 Å². The Kier molecular flexibility index (Phi) is 5.50. The summed E-state index contributed by atoms with van der Waals surface area (Å²) >= 11 is 0. The van der Waals surface area contributed by atoms with Crippen LogP contribution in [-0.2, 0) is 9.84 Å². The Bertz CT molecular complexity index is 199. The van der Waals surface area contributed by atoms with E-state index in [9.17, 15) is 8.42 Å². The third kappa shape index (κ3) is 5.55. The van der Waals surface area contributed by atoms with Crippen molar-refractivity contribution in [2.24, 2.45) is 0 Å². The molecule has 0 bridgehead atoms. The van der Waals surface area contributed by atoms with Gasteiger partial charge in [-0.05, 0) is 19.9 Å². The van der Waals surface area contributed by atoms with Gasteiger partial charge in [0.25, 0.3) is 0 Å². The maximum Gasteiger partial charge on any atom is 0.151 e. The highest BCUT2D eigenvalue weighted by atomic mass is 32.2. The van der Waals surface area contributed by atoms with Gasteiger partial charge in [0.1, 0.15) is 0 Å². The largest absolute Gasteiger partial charge is 0.314 e. The van der Waals surface area contributed by atoms with Gasteiger partial charge in [0.15, 0.2) is 9.84 Å². The lowest BCUT2D eigenvalue weighted by molar-refractivity contribution is 0.565. The Hall–Kier alpha value is -0.0900. The number of rotatable bonds is 6. The van der Waals surface area contributed by atoms with Crippen molar-refractivity contribution in [3.63, 3.8) is 0 Å². The highest BCUT2D eigenvalue weighted by Gasteiger charge is 2.13. The first-order valence-corrected chi connectivity index (χ1v) is 6.27. The van der Waals surface area contributed by atoms with E-state index >= 15 is 0 Å². The summed E-state index contributed by atoms with van der Waals surface area (Å²) < 4.78 is 22.6. The lowest BCUT2D eigenvalue weighted by atomic mass is 10.4. The van der Waals surface area contributed by atoms with E-state index < -0.39 is 9.84 Å². The van der Waals surface area contributed by atoms with Crippen molar-refractivity contribution < 1.29 is 8.42 Å². The second-order valence-electron chi connectivity index (χ2n) is 3.07. The molecular weight excluding hydrogens is 174 g/mol. The van der Waals surface area contributed by atoms with Gasteiger partial charge in [-0.1, -0.05) is 13.8 Å². The minimum absolute atomic E-state index is 0.0755. The standard InChI is InChI=1S/C8H19NO2S/c1-4-6-12(10,11)7-8(3)9-5-2/h8-9H,4-7H2,1-3H3. The van der Waals surface area contributed by atoms with Crippen LogP contribution >= 0.6 is 0 Å². The van der Waals surface area contributed by atoms with Gasteiger partial charge < -0.3 is 5.32 Å². The van der Waals surface area contributed by atoms with Gasteiger partial charge in [0.05, 0.1) is 5.75 Å². The van der Waals surface area contributed by atoms with Crippen molar-refractivity contribution in [1.82, 2.24) is 5.32 Å². The average molecular weight is 193 g/mol. The molecule has 3 nitrogen and oxygen atoms in total. The van der Waals surface area contributed by atoms with Crippen LogP contribution in [0, 0.1) is 0 Å². The van der Waals surface area contributed by atoms with Crippen molar-refractivity contribution in [1.29, 1.82) is 0 Å². The Morgan fingerprint density at radius 2 is 1.92 bits per heavy atom. The Labute approximate surface area is 75.5 Å². The van der Waals surface area contributed by atoms with Crippen LogP contribution in [0.2, 0.25) is 0 Å². The lowest BCUT2D eigenvalue weighted by Gasteiger charge is -2.11. The van der Waals surface area contributed by atoms with Crippen LogP contribution in [0.4, 0.5) is 0 Å². The SMILES string of the molecule is CCCS(=O)(=O)CC(C)NCC. The normalized spacial score (nSPS) is 14.6. The van der Waals surface area contributed by atoms with E-state index in [4.69, 9.17) is 0 Å². The Morgan fingerprint density at radius 3 is 2.33 bits per heavy atom. The molecule has 12 heavy (non-hydrogen) atoms. The molecule has 0 saturated carbocycles. The number of hydrogen-bond donors (Lipinski definition) is 1. The fraction of sp³-hybridized carbons (Fsp3) is 1.00. The predicted octanol–water partition coefficient (Wildman–Crippen LogP) is 0.809. The van der Waals surface area contributed by atoms with Crippen molar-refractivity contribution in [2.75, 3.05) is 18.1 Å². The van der Waals surface area contributed by atoms with Gasteiger partial charge in [-0.3, -0.25) is 0 Å². The summed E-state index contributed by atoms with van der Waals surface area (Å²) in [5, 5.41) is 3.08. The van der Waals surface area contributed by atoms with Gasteiger partial charge in [-0.25, -0.2) is 8.42 Å². The third-order valence-electron chi connectivity index (χ3n) is 1.57. The summed E-state index contributed by atoms with van der Waals surface area (Å²) in [6.07, 6.45) is 0.710. The number of sulfone groups is 1. The molecule has 1 atom stereocenters. The van der Waals surface area contributed by atoms with Crippen molar-refractivity contribution >= 4 is 9.84 Å². The number of hydrogen-bond acceptors (Lipinski definition) is 3. The maximum atomic E-state index is 11.3. The molecule has 0 heterocycles. The van der Waals surface area contributed by atoms with E-state index in [0.717, 1.165) is 6.54 Å². The first kappa shape index (κ1) is 11.9. The van der Waals surface area contributed by atoms with E-state index in [1.165, 1.54) is 0 Å². The minimum atomic E-state index is -2.82. The second kappa shape index (κ2) is 5.54. The molecule has 0 aliphatic rings. The molecule has 0 radical (unpaired) electrons. The van der Waals surface area contributed by atoms with Gasteiger partial charge in [0.2, 0.25) is 0 Å².